The van der Waals surface area contributed by atoms with E-state index in [9.17, 15) is 9.59 Å². The number of amides is 3. The van der Waals surface area contributed by atoms with Crippen molar-refractivity contribution in [2.24, 2.45) is 5.73 Å². The van der Waals surface area contributed by atoms with Crippen LogP contribution < -0.4 is 15.8 Å². The Bertz CT molecular complexity index is 406. The van der Waals surface area contributed by atoms with Gasteiger partial charge in [0.1, 0.15) is 5.75 Å². The van der Waals surface area contributed by atoms with Crippen LogP contribution in [0.25, 0.3) is 0 Å². The van der Waals surface area contributed by atoms with Crippen LogP contribution in [-0.4, -0.2) is 37.5 Å². The summed E-state index contributed by atoms with van der Waals surface area (Å²) in [5.74, 6) is 0.757. The number of nitrogens with one attached hydrogen (secondary N) is 1. The topological polar surface area (TPSA) is 84.7 Å². The van der Waals surface area contributed by atoms with Crippen LogP contribution in [0.2, 0.25) is 0 Å². The standard InChI is InChI=1S/C13H19N3O3/c1-19-12-5-3-11(4-6-12)9-15-13(18)16(10-17)8-2-7-14/h3-6,10H,2,7-9,14H2,1H3,(H,15,18). The third kappa shape index (κ3) is 4.97. The number of hydrogen-bond acceptors (Lipinski definition) is 4. The molecule has 19 heavy (non-hydrogen) atoms. The Balaban J connectivity index is 2.45. The summed E-state index contributed by atoms with van der Waals surface area (Å²) in [6, 6.07) is 6.91. The molecule has 0 fully saturated rings. The Morgan fingerprint density at radius 1 is 1.42 bits per heavy atom. The lowest BCUT2D eigenvalue weighted by Crippen LogP contribution is -2.39. The zero-order valence-electron chi connectivity index (χ0n) is 11.0. The summed E-state index contributed by atoms with van der Waals surface area (Å²) in [7, 11) is 1.59. The molecule has 0 spiro atoms. The highest BCUT2D eigenvalue weighted by Crippen LogP contribution is 2.10. The molecule has 0 unspecified atom stereocenters. The Labute approximate surface area is 112 Å². The first-order chi connectivity index (χ1) is 9.21. The smallest absolute Gasteiger partial charge is 0.324 e. The minimum Gasteiger partial charge on any atom is -0.497 e. The molecule has 1 rings (SSSR count). The van der Waals surface area contributed by atoms with Gasteiger partial charge in [0, 0.05) is 13.1 Å². The molecule has 3 N–H and O–H groups in total. The van der Waals surface area contributed by atoms with Crippen LogP contribution in [0.4, 0.5) is 4.79 Å². The molecule has 6 heteroatoms. The number of methoxy groups -OCH3 is 1. The van der Waals surface area contributed by atoms with E-state index in [0.29, 0.717) is 32.5 Å². The number of imide groups is 1. The van der Waals surface area contributed by atoms with Gasteiger partial charge >= 0.3 is 6.03 Å². The fourth-order valence-corrected chi connectivity index (χ4v) is 1.49. The molecule has 3 amide bonds. The van der Waals surface area contributed by atoms with E-state index in [1.165, 1.54) is 0 Å². The second kappa shape index (κ2) is 8.10. The molecule has 0 aliphatic heterocycles. The number of urea groups is 1. The Morgan fingerprint density at radius 3 is 2.63 bits per heavy atom. The van der Waals surface area contributed by atoms with Gasteiger partial charge in [-0.15, -0.1) is 0 Å². The van der Waals surface area contributed by atoms with Crippen molar-refractivity contribution in [3.8, 4) is 5.75 Å². The van der Waals surface area contributed by atoms with E-state index in [4.69, 9.17) is 10.5 Å². The maximum Gasteiger partial charge on any atom is 0.324 e. The SMILES string of the molecule is COc1ccc(CNC(=O)N(C=O)CCCN)cc1. The third-order valence-corrected chi connectivity index (χ3v) is 2.59. The normalized spacial score (nSPS) is 9.79. The van der Waals surface area contributed by atoms with Crippen LogP contribution in [0, 0.1) is 0 Å². The van der Waals surface area contributed by atoms with Crippen molar-refractivity contribution in [3.05, 3.63) is 29.8 Å². The van der Waals surface area contributed by atoms with E-state index < -0.39 is 6.03 Å². The van der Waals surface area contributed by atoms with Gasteiger partial charge in [-0.05, 0) is 30.7 Å². The predicted molar refractivity (Wildman–Crippen MR) is 71.7 cm³/mol. The van der Waals surface area contributed by atoms with Gasteiger partial charge in [0.2, 0.25) is 6.41 Å². The van der Waals surface area contributed by atoms with Crippen molar-refractivity contribution in [1.29, 1.82) is 0 Å². The molecular weight excluding hydrogens is 246 g/mol. The first-order valence-corrected chi connectivity index (χ1v) is 6.04. The van der Waals surface area contributed by atoms with E-state index in [-0.39, 0.29) is 0 Å². The van der Waals surface area contributed by atoms with Gasteiger partial charge in [0.25, 0.3) is 0 Å². The van der Waals surface area contributed by atoms with Gasteiger partial charge in [0.15, 0.2) is 0 Å². The van der Waals surface area contributed by atoms with Crippen molar-refractivity contribution in [1.82, 2.24) is 10.2 Å². The van der Waals surface area contributed by atoms with Gasteiger partial charge in [-0.3, -0.25) is 9.69 Å². The molecule has 0 radical (unpaired) electrons. The Kier molecular flexibility index (Phi) is 6.38. The first kappa shape index (κ1) is 15.0. The number of carbonyl (C=O) groups excluding carboxylic acids is 2. The molecule has 0 atom stereocenters. The van der Waals surface area contributed by atoms with Crippen LogP contribution in [0.15, 0.2) is 24.3 Å². The lowest BCUT2D eigenvalue weighted by atomic mass is 10.2. The largest absolute Gasteiger partial charge is 0.497 e. The monoisotopic (exact) mass is 265 g/mol. The van der Waals surface area contributed by atoms with Gasteiger partial charge in [-0.25, -0.2) is 4.79 Å². The molecule has 0 aliphatic rings. The highest BCUT2D eigenvalue weighted by molar-refractivity contribution is 5.84. The van der Waals surface area contributed by atoms with Crippen LogP contribution in [0.3, 0.4) is 0 Å². The van der Waals surface area contributed by atoms with Crippen molar-refractivity contribution in [2.75, 3.05) is 20.2 Å². The van der Waals surface area contributed by atoms with E-state index in [0.717, 1.165) is 16.2 Å². The van der Waals surface area contributed by atoms with Crippen LogP contribution in [0.1, 0.15) is 12.0 Å². The zero-order valence-corrected chi connectivity index (χ0v) is 11.0. The quantitative estimate of drug-likeness (QED) is 0.711. The summed E-state index contributed by atoms with van der Waals surface area (Å²) in [6.45, 7) is 1.13. The number of nitrogens with zero attached hydrogens (tertiary/aromatic N) is 1. The zero-order chi connectivity index (χ0) is 14.1. The summed E-state index contributed by atoms with van der Waals surface area (Å²) in [6.07, 6.45) is 1.10. The lowest BCUT2D eigenvalue weighted by Gasteiger charge is -2.15. The minimum absolute atomic E-state index is 0.328. The molecule has 0 heterocycles. The molecule has 0 aliphatic carbocycles. The number of nitrogens with two attached hydrogens (primary N) is 1. The van der Waals surface area contributed by atoms with Crippen LogP contribution >= 0.6 is 0 Å². The fourth-order valence-electron chi connectivity index (χ4n) is 1.49. The molecular formula is C13H19N3O3. The van der Waals surface area contributed by atoms with Gasteiger partial charge in [-0.1, -0.05) is 12.1 Å². The molecule has 0 bridgehead atoms. The van der Waals surface area contributed by atoms with E-state index in [1.807, 2.05) is 24.3 Å². The maximum absolute atomic E-state index is 11.7. The van der Waals surface area contributed by atoms with Crippen LogP contribution in [0.5, 0.6) is 5.75 Å². The molecule has 1 aromatic carbocycles. The summed E-state index contributed by atoms with van der Waals surface area (Å²) in [4.78, 5) is 23.5. The Morgan fingerprint density at radius 2 is 2.11 bits per heavy atom. The minimum atomic E-state index is -0.417. The molecule has 104 valence electrons. The van der Waals surface area contributed by atoms with Crippen molar-refractivity contribution in [2.45, 2.75) is 13.0 Å². The molecule has 1 aromatic rings. The number of rotatable bonds is 7. The Hall–Kier alpha value is -2.08. The van der Waals surface area contributed by atoms with E-state index in [1.54, 1.807) is 7.11 Å². The number of ether oxygens (including phenoxy) is 1. The number of hydrogen-bond donors (Lipinski definition) is 2. The summed E-state index contributed by atoms with van der Waals surface area (Å²) >= 11 is 0. The van der Waals surface area contributed by atoms with Crippen LogP contribution in [-0.2, 0) is 11.3 Å². The number of benzene rings is 1. The average Bonchev–Trinajstić information content (AvgIpc) is 2.46. The van der Waals surface area contributed by atoms with Gasteiger partial charge in [-0.2, -0.15) is 0 Å². The molecule has 6 nitrogen and oxygen atoms in total. The second-order valence-corrected chi connectivity index (χ2v) is 3.95. The van der Waals surface area contributed by atoms with Gasteiger partial charge in [0.05, 0.1) is 7.11 Å². The fraction of sp³-hybridized carbons (Fsp3) is 0.385. The highest BCUT2D eigenvalue weighted by Gasteiger charge is 2.10. The number of carbonyl (C=O) groups is 2. The second-order valence-electron chi connectivity index (χ2n) is 3.95. The van der Waals surface area contributed by atoms with E-state index >= 15 is 0 Å². The van der Waals surface area contributed by atoms with Crippen molar-refractivity contribution in [3.63, 3.8) is 0 Å². The van der Waals surface area contributed by atoms with Gasteiger partial charge < -0.3 is 15.8 Å². The van der Waals surface area contributed by atoms with Crippen molar-refractivity contribution < 1.29 is 14.3 Å². The maximum atomic E-state index is 11.7. The van der Waals surface area contributed by atoms with Crippen molar-refractivity contribution >= 4 is 12.4 Å². The molecule has 0 saturated carbocycles. The summed E-state index contributed by atoms with van der Waals surface area (Å²) < 4.78 is 5.04. The molecule has 0 aromatic heterocycles. The average molecular weight is 265 g/mol. The third-order valence-electron chi connectivity index (χ3n) is 2.59. The van der Waals surface area contributed by atoms with E-state index in [2.05, 4.69) is 5.32 Å². The lowest BCUT2D eigenvalue weighted by molar-refractivity contribution is -0.115. The summed E-state index contributed by atoms with van der Waals surface area (Å²) in [5, 5.41) is 2.67. The predicted octanol–water partition coefficient (Wildman–Crippen LogP) is 0.712. The summed E-state index contributed by atoms with van der Waals surface area (Å²) in [5.41, 5.74) is 6.27. The highest BCUT2D eigenvalue weighted by atomic mass is 16.5. The first-order valence-electron chi connectivity index (χ1n) is 6.04. The molecule has 0 saturated heterocycles.